The first kappa shape index (κ1) is 14.0. The molecular weight excluding hydrogens is 257 g/mol. The fourth-order valence-corrected chi connectivity index (χ4v) is 2.14. The van der Waals surface area contributed by atoms with Crippen LogP contribution in [0, 0.1) is 5.92 Å². The molecule has 0 aliphatic carbocycles. The van der Waals surface area contributed by atoms with Crippen LogP contribution in [0.25, 0.3) is 0 Å². The molecule has 0 spiro atoms. The minimum absolute atomic E-state index is 0.251. The molecule has 6 heteroatoms. The Morgan fingerprint density at radius 3 is 2.79 bits per heavy atom. The Morgan fingerprint density at radius 2 is 2.16 bits per heavy atom. The predicted octanol–water partition coefficient (Wildman–Crippen LogP) is 3.13. The lowest BCUT2D eigenvalue weighted by molar-refractivity contribution is -0.136. The molecule has 0 saturated carbocycles. The maximum absolute atomic E-state index is 12.7. The maximum atomic E-state index is 12.7. The first-order valence-corrected chi connectivity index (χ1v) is 6.25. The standard InChI is InChI=1S/C13H17F3N2O/c14-13(15,16)11-6-10(3-4-12(11)17)18-7-9-2-1-5-19-8-9/h3-4,6,9,18H,1-2,5,7-8,17H2. The van der Waals surface area contributed by atoms with Crippen LogP contribution in [0.5, 0.6) is 0 Å². The fourth-order valence-electron chi connectivity index (χ4n) is 2.14. The molecule has 1 atom stereocenters. The van der Waals surface area contributed by atoms with Crippen molar-refractivity contribution < 1.29 is 17.9 Å². The number of ether oxygens (including phenoxy) is 1. The Balaban J connectivity index is 2.00. The topological polar surface area (TPSA) is 47.3 Å². The van der Waals surface area contributed by atoms with E-state index in [2.05, 4.69) is 5.32 Å². The fraction of sp³-hybridized carbons (Fsp3) is 0.538. The monoisotopic (exact) mass is 274 g/mol. The molecule has 1 aromatic rings. The van der Waals surface area contributed by atoms with Crippen LogP contribution in [-0.4, -0.2) is 19.8 Å². The predicted molar refractivity (Wildman–Crippen MR) is 67.9 cm³/mol. The number of nitrogens with one attached hydrogen (secondary N) is 1. The van der Waals surface area contributed by atoms with Crippen LogP contribution >= 0.6 is 0 Å². The van der Waals surface area contributed by atoms with Crippen LogP contribution in [0.4, 0.5) is 24.5 Å². The van der Waals surface area contributed by atoms with E-state index in [-0.39, 0.29) is 5.69 Å². The van der Waals surface area contributed by atoms with E-state index in [9.17, 15) is 13.2 Å². The van der Waals surface area contributed by atoms with Gasteiger partial charge in [-0.15, -0.1) is 0 Å². The second kappa shape index (κ2) is 5.69. The van der Waals surface area contributed by atoms with Crippen LogP contribution in [-0.2, 0) is 10.9 Å². The smallest absolute Gasteiger partial charge is 0.398 e. The van der Waals surface area contributed by atoms with Gasteiger partial charge in [0.2, 0.25) is 0 Å². The zero-order chi connectivity index (χ0) is 13.9. The number of nitrogen functional groups attached to an aromatic ring is 1. The van der Waals surface area contributed by atoms with Crippen molar-refractivity contribution in [1.82, 2.24) is 0 Å². The van der Waals surface area contributed by atoms with Crippen LogP contribution in [0.2, 0.25) is 0 Å². The number of rotatable bonds is 3. The van der Waals surface area contributed by atoms with Gasteiger partial charge in [-0.25, -0.2) is 0 Å². The lowest BCUT2D eigenvalue weighted by atomic mass is 10.0. The summed E-state index contributed by atoms with van der Waals surface area (Å²) in [7, 11) is 0. The van der Waals surface area contributed by atoms with Gasteiger partial charge in [-0.2, -0.15) is 13.2 Å². The van der Waals surface area contributed by atoms with E-state index in [0.717, 1.165) is 25.5 Å². The summed E-state index contributed by atoms with van der Waals surface area (Å²) < 4.78 is 43.4. The summed E-state index contributed by atoms with van der Waals surface area (Å²) in [5.41, 5.74) is 4.74. The molecule has 2 rings (SSSR count). The average molecular weight is 274 g/mol. The number of hydrogen-bond acceptors (Lipinski definition) is 3. The number of hydrogen-bond donors (Lipinski definition) is 2. The molecule has 1 aliphatic rings. The van der Waals surface area contributed by atoms with Crippen molar-refractivity contribution in [3.05, 3.63) is 23.8 Å². The van der Waals surface area contributed by atoms with E-state index < -0.39 is 11.7 Å². The van der Waals surface area contributed by atoms with Gasteiger partial charge < -0.3 is 15.8 Å². The van der Waals surface area contributed by atoms with E-state index in [1.807, 2.05) is 0 Å². The number of nitrogens with two attached hydrogens (primary N) is 1. The third-order valence-corrected chi connectivity index (χ3v) is 3.21. The summed E-state index contributed by atoms with van der Waals surface area (Å²) in [6.45, 7) is 2.05. The van der Waals surface area contributed by atoms with Crippen molar-refractivity contribution in [2.75, 3.05) is 30.8 Å². The summed E-state index contributed by atoms with van der Waals surface area (Å²) in [4.78, 5) is 0. The van der Waals surface area contributed by atoms with Gasteiger partial charge in [-0.1, -0.05) is 0 Å². The number of benzene rings is 1. The number of anilines is 2. The van der Waals surface area contributed by atoms with E-state index in [4.69, 9.17) is 10.5 Å². The summed E-state index contributed by atoms with van der Waals surface area (Å²) in [5.74, 6) is 0.348. The van der Waals surface area contributed by atoms with Crippen LogP contribution in [0.1, 0.15) is 18.4 Å². The Labute approximate surface area is 109 Å². The van der Waals surface area contributed by atoms with E-state index >= 15 is 0 Å². The Morgan fingerprint density at radius 1 is 1.37 bits per heavy atom. The van der Waals surface area contributed by atoms with Gasteiger partial charge in [-0.3, -0.25) is 0 Å². The van der Waals surface area contributed by atoms with E-state index in [1.165, 1.54) is 6.07 Å². The van der Waals surface area contributed by atoms with Gasteiger partial charge in [0.05, 0.1) is 12.2 Å². The van der Waals surface area contributed by atoms with Crippen molar-refractivity contribution in [1.29, 1.82) is 0 Å². The molecule has 0 bridgehead atoms. The van der Waals surface area contributed by atoms with Crippen LogP contribution in [0.3, 0.4) is 0 Å². The quantitative estimate of drug-likeness (QED) is 0.832. The summed E-state index contributed by atoms with van der Waals surface area (Å²) in [5, 5.41) is 3.02. The summed E-state index contributed by atoms with van der Waals surface area (Å²) in [6.07, 6.45) is -2.38. The summed E-state index contributed by atoms with van der Waals surface area (Å²) >= 11 is 0. The Hall–Kier alpha value is -1.43. The average Bonchev–Trinajstić information content (AvgIpc) is 2.37. The first-order valence-electron chi connectivity index (χ1n) is 6.25. The zero-order valence-corrected chi connectivity index (χ0v) is 10.5. The second-order valence-electron chi connectivity index (χ2n) is 4.76. The molecule has 1 fully saturated rings. The van der Waals surface area contributed by atoms with Gasteiger partial charge in [0, 0.05) is 24.5 Å². The molecule has 19 heavy (non-hydrogen) atoms. The van der Waals surface area contributed by atoms with Gasteiger partial charge in [0.25, 0.3) is 0 Å². The maximum Gasteiger partial charge on any atom is 0.418 e. The van der Waals surface area contributed by atoms with E-state index in [1.54, 1.807) is 6.07 Å². The van der Waals surface area contributed by atoms with Crippen LogP contribution < -0.4 is 11.1 Å². The third kappa shape index (κ3) is 3.76. The molecule has 0 aromatic heterocycles. The summed E-state index contributed by atoms with van der Waals surface area (Å²) in [6, 6.07) is 3.90. The molecule has 1 aliphatic heterocycles. The number of alkyl halides is 3. The molecule has 0 amide bonds. The highest BCUT2D eigenvalue weighted by atomic mass is 19.4. The Bertz CT molecular complexity index is 428. The molecule has 1 heterocycles. The molecule has 1 aromatic carbocycles. The largest absolute Gasteiger partial charge is 0.418 e. The van der Waals surface area contributed by atoms with Gasteiger partial charge in [0.1, 0.15) is 0 Å². The van der Waals surface area contributed by atoms with Gasteiger partial charge in [-0.05, 0) is 37.0 Å². The molecule has 106 valence electrons. The lowest BCUT2D eigenvalue weighted by Gasteiger charge is -2.23. The van der Waals surface area contributed by atoms with Crippen LogP contribution in [0.15, 0.2) is 18.2 Å². The SMILES string of the molecule is Nc1ccc(NCC2CCCOC2)cc1C(F)(F)F. The lowest BCUT2D eigenvalue weighted by Crippen LogP contribution is -2.24. The first-order chi connectivity index (χ1) is 8.97. The second-order valence-corrected chi connectivity index (χ2v) is 4.76. The molecule has 3 nitrogen and oxygen atoms in total. The van der Waals surface area contributed by atoms with Crippen molar-refractivity contribution in [2.45, 2.75) is 19.0 Å². The highest BCUT2D eigenvalue weighted by molar-refractivity contribution is 5.58. The van der Waals surface area contributed by atoms with E-state index in [0.29, 0.717) is 24.8 Å². The van der Waals surface area contributed by atoms with Gasteiger partial charge >= 0.3 is 6.18 Å². The molecule has 1 unspecified atom stereocenters. The molecule has 0 radical (unpaired) electrons. The third-order valence-electron chi connectivity index (χ3n) is 3.21. The molecule has 3 N–H and O–H groups in total. The molecular formula is C13H17F3N2O. The number of halogens is 3. The van der Waals surface area contributed by atoms with Gasteiger partial charge in [0.15, 0.2) is 0 Å². The molecule has 1 saturated heterocycles. The zero-order valence-electron chi connectivity index (χ0n) is 10.5. The minimum atomic E-state index is -4.42. The highest BCUT2D eigenvalue weighted by Crippen LogP contribution is 2.35. The normalized spacial score (nSPS) is 20.3. The van der Waals surface area contributed by atoms with Crippen molar-refractivity contribution in [3.8, 4) is 0 Å². The highest BCUT2D eigenvalue weighted by Gasteiger charge is 2.33. The Kier molecular flexibility index (Phi) is 4.19. The minimum Gasteiger partial charge on any atom is -0.398 e. The van der Waals surface area contributed by atoms with Crippen molar-refractivity contribution >= 4 is 11.4 Å². The van der Waals surface area contributed by atoms with Crippen molar-refractivity contribution in [3.63, 3.8) is 0 Å². The van der Waals surface area contributed by atoms with Crippen molar-refractivity contribution in [2.24, 2.45) is 5.92 Å².